The Morgan fingerprint density at radius 2 is 1.90 bits per heavy atom. The monoisotopic (exact) mass is 410 g/mol. The number of alkyl halides is 3. The summed E-state index contributed by atoms with van der Waals surface area (Å²) in [6.45, 7) is 5.95. The molecule has 1 unspecified atom stereocenters. The summed E-state index contributed by atoms with van der Waals surface area (Å²) in [5.74, 6) is -0.104. The average Bonchev–Trinajstić information content (AvgIpc) is 2.65. The molecule has 9 heteroatoms. The van der Waals surface area contributed by atoms with Crippen LogP contribution in [0.25, 0.3) is 0 Å². The van der Waals surface area contributed by atoms with Crippen molar-refractivity contribution in [2.24, 2.45) is 4.99 Å². The van der Waals surface area contributed by atoms with Crippen molar-refractivity contribution >= 4 is 12.0 Å². The summed E-state index contributed by atoms with van der Waals surface area (Å²) in [4.78, 5) is 13.9. The predicted octanol–water partition coefficient (Wildman–Crippen LogP) is 3.71. The zero-order valence-electron chi connectivity index (χ0n) is 17.1. The minimum absolute atomic E-state index is 0.0729. The maximum atomic E-state index is 14.0. The Morgan fingerprint density at radius 1 is 1.21 bits per heavy atom. The lowest BCUT2D eigenvalue weighted by atomic mass is 9.86. The van der Waals surface area contributed by atoms with Gasteiger partial charge in [0.05, 0.1) is 19.1 Å². The molecule has 0 aliphatic heterocycles. The predicted molar refractivity (Wildman–Crippen MR) is 105 cm³/mol. The Kier molecular flexibility index (Phi) is 6.84. The van der Waals surface area contributed by atoms with Gasteiger partial charge >= 0.3 is 6.18 Å². The van der Waals surface area contributed by atoms with Crippen LogP contribution in [0, 0.1) is 13.8 Å². The number of hydrogen-bond acceptors (Lipinski definition) is 5. The van der Waals surface area contributed by atoms with Crippen LogP contribution in [-0.2, 0) is 12.0 Å². The van der Waals surface area contributed by atoms with Crippen molar-refractivity contribution in [1.82, 2.24) is 14.9 Å². The van der Waals surface area contributed by atoms with Gasteiger partial charge in [-0.2, -0.15) is 13.2 Å². The molecular weight excluding hydrogens is 385 g/mol. The number of halogens is 3. The van der Waals surface area contributed by atoms with E-state index in [0.717, 1.165) is 6.54 Å². The first-order chi connectivity index (χ1) is 13.5. The Morgan fingerprint density at radius 3 is 2.45 bits per heavy atom. The number of benzene rings is 1. The highest BCUT2D eigenvalue weighted by Gasteiger charge is 2.56. The molecule has 29 heavy (non-hydrogen) atoms. The Balaban J connectivity index is 2.59. The molecule has 0 fully saturated rings. The van der Waals surface area contributed by atoms with Crippen LogP contribution < -0.4 is 4.74 Å². The third-order valence-corrected chi connectivity index (χ3v) is 4.62. The minimum atomic E-state index is -4.96. The van der Waals surface area contributed by atoms with Crippen molar-refractivity contribution < 1.29 is 23.0 Å². The average molecular weight is 410 g/mol. The third kappa shape index (κ3) is 5.03. The molecule has 2 aromatic rings. The van der Waals surface area contributed by atoms with Crippen molar-refractivity contribution in [1.29, 1.82) is 0 Å². The van der Waals surface area contributed by atoms with E-state index in [4.69, 9.17) is 4.74 Å². The van der Waals surface area contributed by atoms with E-state index < -0.39 is 18.2 Å². The molecule has 0 saturated carbocycles. The number of aliphatic imine (C=N–C) groups is 1. The van der Waals surface area contributed by atoms with Gasteiger partial charge in [0.2, 0.25) is 0 Å². The highest BCUT2D eigenvalue weighted by atomic mass is 19.4. The van der Waals surface area contributed by atoms with Crippen LogP contribution in [0.15, 0.2) is 29.5 Å². The molecule has 0 aliphatic rings. The second-order valence-corrected chi connectivity index (χ2v) is 6.84. The maximum absolute atomic E-state index is 14.0. The molecule has 2 rings (SSSR count). The number of aromatic nitrogens is 2. The van der Waals surface area contributed by atoms with Crippen LogP contribution in [-0.4, -0.2) is 53.2 Å². The van der Waals surface area contributed by atoms with Gasteiger partial charge in [0.15, 0.2) is 5.60 Å². The van der Waals surface area contributed by atoms with E-state index in [-0.39, 0.29) is 17.0 Å². The van der Waals surface area contributed by atoms with Gasteiger partial charge in [-0.05, 0) is 38.5 Å². The van der Waals surface area contributed by atoms with E-state index in [0.29, 0.717) is 16.9 Å². The molecule has 1 aromatic heterocycles. The van der Waals surface area contributed by atoms with Crippen LogP contribution in [0.3, 0.4) is 0 Å². The molecule has 0 spiro atoms. The van der Waals surface area contributed by atoms with Crippen LogP contribution >= 0.6 is 0 Å². The van der Waals surface area contributed by atoms with E-state index in [1.54, 1.807) is 20.2 Å². The van der Waals surface area contributed by atoms with Gasteiger partial charge in [-0.3, -0.25) is 0 Å². The topological polar surface area (TPSA) is 70.8 Å². The summed E-state index contributed by atoms with van der Waals surface area (Å²) in [6.07, 6.45) is -2.97. The van der Waals surface area contributed by atoms with Crippen molar-refractivity contribution in [3.05, 3.63) is 47.0 Å². The fourth-order valence-electron chi connectivity index (χ4n) is 2.77. The number of rotatable bonds is 7. The van der Waals surface area contributed by atoms with E-state index in [9.17, 15) is 18.3 Å². The van der Waals surface area contributed by atoms with E-state index in [2.05, 4.69) is 15.0 Å². The quantitative estimate of drug-likeness (QED) is 0.557. The summed E-state index contributed by atoms with van der Waals surface area (Å²) in [5, 5.41) is 10.8. The first-order valence-electron chi connectivity index (χ1n) is 9.02. The van der Waals surface area contributed by atoms with Crippen molar-refractivity contribution in [2.45, 2.75) is 39.0 Å². The molecule has 0 radical (unpaired) electrons. The van der Waals surface area contributed by atoms with E-state index in [1.807, 2.05) is 18.9 Å². The fraction of sp³-hybridized carbons (Fsp3) is 0.450. The molecule has 0 amide bonds. The Labute approximate surface area is 168 Å². The maximum Gasteiger partial charge on any atom is 0.421 e. The molecular formula is C20H25F3N4O2. The lowest BCUT2D eigenvalue weighted by Gasteiger charge is -2.32. The molecule has 1 heterocycles. The smallest absolute Gasteiger partial charge is 0.421 e. The number of methoxy groups -OCH3 is 1. The number of aryl methyl sites for hydroxylation is 2. The lowest BCUT2D eigenvalue weighted by Crippen LogP contribution is -2.44. The highest BCUT2D eigenvalue weighted by molar-refractivity contribution is 5.65. The van der Waals surface area contributed by atoms with Gasteiger partial charge in [0.1, 0.15) is 12.1 Å². The summed E-state index contributed by atoms with van der Waals surface area (Å²) < 4.78 is 47.3. The first kappa shape index (κ1) is 22.6. The molecule has 0 saturated heterocycles. The van der Waals surface area contributed by atoms with Gasteiger partial charge in [-0.1, -0.05) is 0 Å². The van der Waals surface area contributed by atoms with Crippen LogP contribution in [0.1, 0.15) is 29.4 Å². The van der Waals surface area contributed by atoms with Crippen LogP contribution in [0.2, 0.25) is 0 Å². The minimum Gasteiger partial charge on any atom is -0.496 e. The molecule has 1 aromatic carbocycles. The zero-order chi connectivity index (χ0) is 21.8. The number of ether oxygens (including phenoxy) is 1. The number of hydrogen-bond donors (Lipinski definition) is 1. The van der Waals surface area contributed by atoms with E-state index >= 15 is 0 Å². The SMILES string of the molecule is CCN(C)C=Nc1cc(OC)c(C(O)(Cc2cc(C)ncn2)C(F)(F)F)cc1C. The Bertz CT molecular complexity index is 887. The van der Waals surface area contributed by atoms with E-state index in [1.165, 1.54) is 31.6 Å². The number of nitrogens with zero attached hydrogens (tertiary/aromatic N) is 4. The van der Waals surface area contributed by atoms with Crippen LogP contribution in [0.5, 0.6) is 5.75 Å². The van der Waals surface area contributed by atoms with Gasteiger partial charge in [0, 0.05) is 43.0 Å². The molecule has 1 N–H and O–H groups in total. The third-order valence-electron chi connectivity index (χ3n) is 4.62. The van der Waals surface area contributed by atoms with Crippen molar-refractivity contribution in [3.63, 3.8) is 0 Å². The second-order valence-electron chi connectivity index (χ2n) is 6.84. The first-order valence-corrected chi connectivity index (χ1v) is 9.02. The molecule has 158 valence electrons. The normalized spacial score (nSPS) is 14.1. The molecule has 0 bridgehead atoms. The summed E-state index contributed by atoms with van der Waals surface area (Å²) >= 11 is 0. The van der Waals surface area contributed by atoms with Gasteiger partial charge in [0.25, 0.3) is 0 Å². The van der Waals surface area contributed by atoms with Crippen LogP contribution in [0.4, 0.5) is 18.9 Å². The molecule has 6 nitrogen and oxygen atoms in total. The fourth-order valence-corrected chi connectivity index (χ4v) is 2.77. The molecule has 1 atom stereocenters. The Hall–Kier alpha value is -2.68. The standard InChI is InChI=1S/C20H25F3N4O2/c1-6-27(4)12-26-17-9-18(29-5)16(7-13(17)2)19(28,20(21,22)23)10-15-8-14(3)24-11-25-15/h7-9,11-12,28H,6,10H2,1-5H3. The second kappa shape index (κ2) is 8.77. The molecule has 0 aliphatic carbocycles. The lowest BCUT2D eigenvalue weighted by molar-refractivity contribution is -0.267. The van der Waals surface area contributed by atoms with Crippen molar-refractivity contribution in [2.75, 3.05) is 20.7 Å². The van der Waals surface area contributed by atoms with Gasteiger partial charge in [-0.25, -0.2) is 15.0 Å². The van der Waals surface area contributed by atoms with Gasteiger partial charge in [-0.15, -0.1) is 0 Å². The largest absolute Gasteiger partial charge is 0.496 e. The summed E-state index contributed by atoms with van der Waals surface area (Å²) in [6, 6.07) is 4.07. The van der Waals surface area contributed by atoms with Crippen molar-refractivity contribution in [3.8, 4) is 5.75 Å². The summed E-state index contributed by atoms with van der Waals surface area (Å²) in [5.41, 5.74) is -2.07. The zero-order valence-corrected chi connectivity index (χ0v) is 17.1. The highest BCUT2D eigenvalue weighted by Crippen LogP contribution is 2.46. The summed E-state index contributed by atoms with van der Waals surface area (Å²) in [7, 11) is 3.09. The van der Waals surface area contributed by atoms with Gasteiger partial charge < -0.3 is 14.7 Å². The number of aliphatic hydroxyl groups is 1.